The fourth-order valence-electron chi connectivity index (χ4n) is 3.03. The van der Waals surface area contributed by atoms with Gasteiger partial charge in [-0.15, -0.1) is 0 Å². The molecular formula is C15H18N8O5. The average molecular weight is 390 g/mol. The number of hydrogen-bond acceptors (Lipinski definition) is 10. The zero-order valence-corrected chi connectivity index (χ0v) is 14.7. The lowest BCUT2D eigenvalue weighted by atomic mass is 10.1. The number of hydrogen-bond donors (Lipinski definition) is 5. The fourth-order valence-corrected chi connectivity index (χ4v) is 3.03. The molecule has 0 spiro atoms. The standard InChI is InChI=1S/C15H18N8O5/c1-17-15(27)23-3-6(2-19-23)12-20-11(16)8-13(21-12)22(5-18-8)14-10(26)9(25)7(4-24)28-14/h2-3,5,7,9-10,14,24-26H,4H2,1H3,(H,17,27)(H2,16,20,21)/t7-,9-,10-,14?/m0/s1. The van der Waals surface area contributed by atoms with Crippen molar-refractivity contribution in [2.45, 2.75) is 24.5 Å². The van der Waals surface area contributed by atoms with Gasteiger partial charge in [-0.3, -0.25) is 4.57 Å². The van der Waals surface area contributed by atoms with Crippen LogP contribution in [0.3, 0.4) is 0 Å². The Morgan fingerprint density at radius 3 is 2.82 bits per heavy atom. The lowest BCUT2D eigenvalue weighted by molar-refractivity contribution is -0.0511. The second kappa shape index (κ2) is 6.79. The van der Waals surface area contributed by atoms with Crippen molar-refractivity contribution in [1.82, 2.24) is 34.6 Å². The zero-order valence-electron chi connectivity index (χ0n) is 14.7. The summed E-state index contributed by atoms with van der Waals surface area (Å²) in [5.41, 5.74) is 6.96. The van der Waals surface area contributed by atoms with Gasteiger partial charge in [0.25, 0.3) is 0 Å². The Morgan fingerprint density at radius 2 is 2.14 bits per heavy atom. The van der Waals surface area contributed by atoms with Crippen LogP contribution in [0.4, 0.5) is 10.6 Å². The van der Waals surface area contributed by atoms with Crippen LogP contribution in [-0.4, -0.2) is 82.6 Å². The highest BCUT2D eigenvalue weighted by Crippen LogP contribution is 2.32. The topological polar surface area (TPSA) is 186 Å². The number of aliphatic hydroxyl groups excluding tert-OH is 3. The van der Waals surface area contributed by atoms with E-state index in [0.717, 1.165) is 4.68 Å². The van der Waals surface area contributed by atoms with E-state index in [1.807, 2.05) is 0 Å². The summed E-state index contributed by atoms with van der Waals surface area (Å²) < 4.78 is 8.02. The molecule has 1 amide bonds. The maximum Gasteiger partial charge on any atom is 0.341 e. The quantitative estimate of drug-likeness (QED) is 0.337. The number of fused-ring (bicyclic) bond motifs is 1. The second-order valence-corrected chi connectivity index (χ2v) is 6.21. The lowest BCUT2D eigenvalue weighted by Crippen LogP contribution is -2.33. The van der Waals surface area contributed by atoms with Crippen molar-refractivity contribution < 1.29 is 24.9 Å². The molecule has 0 radical (unpaired) electrons. The van der Waals surface area contributed by atoms with E-state index >= 15 is 0 Å². The van der Waals surface area contributed by atoms with Gasteiger partial charge in [-0.05, 0) is 0 Å². The first-order valence-electron chi connectivity index (χ1n) is 8.34. The summed E-state index contributed by atoms with van der Waals surface area (Å²) in [6, 6.07) is -0.433. The van der Waals surface area contributed by atoms with Crippen molar-refractivity contribution >= 4 is 23.0 Å². The molecular weight excluding hydrogens is 372 g/mol. The summed E-state index contributed by atoms with van der Waals surface area (Å²) in [6.07, 6.45) is -0.333. The summed E-state index contributed by atoms with van der Waals surface area (Å²) in [5, 5.41) is 35.9. The molecule has 4 heterocycles. The molecule has 148 valence electrons. The van der Waals surface area contributed by atoms with Gasteiger partial charge in [0.05, 0.1) is 24.7 Å². The van der Waals surface area contributed by atoms with E-state index in [1.54, 1.807) is 0 Å². The van der Waals surface area contributed by atoms with Crippen LogP contribution in [0, 0.1) is 0 Å². The first kappa shape index (κ1) is 18.2. The van der Waals surface area contributed by atoms with E-state index in [9.17, 15) is 20.1 Å². The summed E-state index contributed by atoms with van der Waals surface area (Å²) in [6.45, 7) is -0.456. The highest BCUT2D eigenvalue weighted by molar-refractivity contribution is 5.84. The summed E-state index contributed by atoms with van der Waals surface area (Å²) in [7, 11) is 1.48. The maximum atomic E-state index is 11.7. The van der Waals surface area contributed by atoms with Crippen molar-refractivity contribution in [1.29, 1.82) is 0 Å². The number of nitrogens with two attached hydrogens (primary N) is 1. The van der Waals surface area contributed by atoms with Crippen molar-refractivity contribution in [2.24, 2.45) is 0 Å². The SMILES string of the molecule is CNC(=O)n1cc(-c2nc(N)c3ncn(C4O[C@@H](CO)[C@H](O)[C@@H]4O)c3n2)cn1. The average Bonchev–Trinajstić information content (AvgIpc) is 3.40. The summed E-state index contributed by atoms with van der Waals surface area (Å²) in [5.74, 6) is 0.270. The predicted octanol–water partition coefficient (Wildman–Crippen LogP) is -1.93. The molecule has 6 N–H and O–H groups in total. The van der Waals surface area contributed by atoms with Crippen molar-refractivity contribution in [3.8, 4) is 11.4 Å². The normalized spacial score (nSPS) is 24.7. The van der Waals surface area contributed by atoms with E-state index in [1.165, 1.54) is 30.3 Å². The number of imidazole rings is 1. The number of aliphatic hydroxyl groups is 3. The van der Waals surface area contributed by atoms with Gasteiger partial charge in [0.15, 0.2) is 23.5 Å². The zero-order chi connectivity index (χ0) is 20.0. The van der Waals surface area contributed by atoms with Crippen LogP contribution in [0.1, 0.15) is 6.23 Å². The molecule has 4 atom stereocenters. The number of nitrogens with one attached hydrogen (secondary N) is 1. The van der Waals surface area contributed by atoms with Crippen molar-refractivity contribution in [3.05, 3.63) is 18.7 Å². The first-order valence-corrected chi connectivity index (χ1v) is 8.34. The molecule has 0 saturated carbocycles. The molecule has 3 aromatic rings. The van der Waals surface area contributed by atoms with Crippen LogP contribution in [0.15, 0.2) is 18.7 Å². The van der Waals surface area contributed by atoms with Crippen LogP contribution in [0.2, 0.25) is 0 Å². The number of ether oxygens (including phenoxy) is 1. The van der Waals surface area contributed by atoms with Gasteiger partial charge in [-0.2, -0.15) is 9.78 Å². The smallest absolute Gasteiger partial charge is 0.341 e. The molecule has 0 bridgehead atoms. The Labute approximate surface area is 157 Å². The predicted molar refractivity (Wildman–Crippen MR) is 93.8 cm³/mol. The van der Waals surface area contributed by atoms with Gasteiger partial charge in [-0.25, -0.2) is 19.7 Å². The maximum absolute atomic E-state index is 11.7. The van der Waals surface area contributed by atoms with Crippen molar-refractivity contribution in [3.63, 3.8) is 0 Å². The van der Waals surface area contributed by atoms with Gasteiger partial charge < -0.3 is 31.1 Å². The van der Waals surface area contributed by atoms with E-state index in [-0.39, 0.29) is 22.8 Å². The molecule has 13 heteroatoms. The molecule has 13 nitrogen and oxygen atoms in total. The van der Waals surface area contributed by atoms with E-state index in [0.29, 0.717) is 5.56 Å². The van der Waals surface area contributed by atoms with E-state index < -0.39 is 37.2 Å². The third-order valence-electron chi connectivity index (χ3n) is 4.50. The number of nitrogens with zero attached hydrogens (tertiary/aromatic N) is 6. The van der Waals surface area contributed by atoms with Gasteiger partial charge in [0.2, 0.25) is 0 Å². The van der Waals surface area contributed by atoms with Crippen LogP contribution in [0.5, 0.6) is 0 Å². The van der Waals surface area contributed by atoms with Gasteiger partial charge >= 0.3 is 6.03 Å². The Kier molecular flexibility index (Phi) is 4.43. The number of aromatic nitrogens is 6. The van der Waals surface area contributed by atoms with Gasteiger partial charge in [0.1, 0.15) is 23.8 Å². The number of rotatable bonds is 3. The molecule has 1 aliphatic rings. The third-order valence-corrected chi connectivity index (χ3v) is 4.50. The Bertz CT molecular complexity index is 1030. The number of carbonyl (C=O) groups is 1. The molecule has 0 aromatic carbocycles. The highest BCUT2D eigenvalue weighted by atomic mass is 16.6. The largest absolute Gasteiger partial charge is 0.394 e. The van der Waals surface area contributed by atoms with E-state index in [2.05, 4.69) is 25.4 Å². The molecule has 1 aliphatic heterocycles. The van der Waals surface area contributed by atoms with Crippen LogP contribution in [0.25, 0.3) is 22.6 Å². The highest BCUT2D eigenvalue weighted by Gasteiger charge is 2.44. The van der Waals surface area contributed by atoms with Gasteiger partial charge in [0, 0.05) is 13.2 Å². The Hall–Kier alpha value is -3.13. The summed E-state index contributed by atoms with van der Waals surface area (Å²) >= 11 is 0. The van der Waals surface area contributed by atoms with E-state index in [4.69, 9.17) is 10.5 Å². The third kappa shape index (κ3) is 2.77. The number of carbonyl (C=O) groups excluding carboxylic acids is 1. The van der Waals surface area contributed by atoms with Gasteiger partial charge in [-0.1, -0.05) is 0 Å². The molecule has 1 unspecified atom stereocenters. The van der Waals surface area contributed by atoms with Crippen molar-refractivity contribution in [2.75, 3.05) is 19.4 Å². The Balaban J connectivity index is 1.77. The lowest BCUT2D eigenvalue weighted by Gasteiger charge is -2.16. The fraction of sp³-hybridized carbons (Fsp3) is 0.400. The molecule has 3 aromatic heterocycles. The molecule has 1 saturated heterocycles. The second-order valence-electron chi connectivity index (χ2n) is 6.21. The van der Waals surface area contributed by atoms with Crippen LogP contribution >= 0.6 is 0 Å². The molecule has 28 heavy (non-hydrogen) atoms. The van der Waals surface area contributed by atoms with Crippen LogP contribution in [-0.2, 0) is 4.74 Å². The minimum absolute atomic E-state index is 0.0817. The molecule has 4 rings (SSSR count). The minimum atomic E-state index is -1.30. The Morgan fingerprint density at radius 1 is 1.36 bits per heavy atom. The summed E-state index contributed by atoms with van der Waals surface area (Å²) in [4.78, 5) is 24.4. The minimum Gasteiger partial charge on any atom is -0.394 e. The molecule has 1 fully saturated rings. The first-order chi connectivity index (χ1) is 13.4. The number of amides is 1. The monoisotopic (exact) mass is 390 g/mol. The van der Waals surface area contributed by atoms with Crippen LogP contribution < -0.4 is 11.1 Å². The number of anilines is 1. The number of nitrogen functional groups attached to an aromatic ring is 1. The molecule has 0 aliphatic carbocycles.